The van der Waals surface area contributed by atoms with Gasteiger partial charge in [-0.1, -0.05) is 17.8 Å². The maximum atomic E-state index is 12.2. The smallest absolute Gasteiger partial charge is 0.230 e. The summed E-state index contributed by atoms with van der Waals surface area (Å²) in [5.74, 6) is 1.14. The van der Waals surface area contributed by atoms with Crippen molar-refractivity contribution in [2.75, 3.05) is 38.6 Å². The number of hydrogen-bond acceptors (Lipinski definition) is 7. The summed E-state index contributed by atoms with van der Waals surface area (Å²) in [6, 6.07) is 4.10. The van der Waals surface area contributed by atoms with Crippen molar-refractivity contribution in [3.8, 4) is 0 Å². The average Bonchev–Trinajstić information content (AvgIpc) is 3.31. The van der Waals surface area contributed by atoms with Gasteiger partial charge in [0.05, 0.1) is 19.0 Å². The molecule has 0 atom stereocenters. The summed E-state index contributed by atoms with van der Waals surface area (Å²) in [6.45, 7) is 8.24. The number of ether oxygens (including phenoxy) is 1. The van der Waals surface area contributed by atoms with Gasteiger partial charge in [0.2, 0.25) is 11.1 Å². The Morgan fingerprint density at radius 1 is 1.46 bits per heavy atom. The molecule has 1 aliphatic rings. The number of aromatic nitrogens is 3. The number of carbonyl (C=O) groups excluding carboxylic acids is 1. The maximum absolute atomic E-state index is 12.2. The molecule has 0 aliphatic carbocycles. The highest BCUT2D eigenvalue weighted by Gasteiger charge is 2.28. The SMILES string of the molecule is CC(C)(CNC(=O)CSc1n[nH]c(Cc2cccs2)n1)N1CCOCC1. The number of H-pyrrole nitrogens is 1. The fraction of sp³-hybridized carbons (Fsp3) is 0.588. The highest BCUT2D eigenvalue weighted by molar-refractivity contribution is 7.99. The Kier molecular flexibility index (Phi) is 6.68. The van der Waals surface area contributed by atoms with E-state index in [4.69, 9.17) is 4.74 Å². The number of amides is 1. The standard InChI is InChI=1S/C17H25N5O2S2/c1-17(2,22-5-7-24-8-6-22)12-18-15(23)11-26-16-19-14(20-21-16)10-13-4-3-9-25-13/h3-4,9H,5-8,10-12H2,1-2H3,(H,18,23)(H,19,20,21). The van der Waals surface area contributed by atoms with Crippen molar-refractivity contribution in [2.45, 2.75) is 31.0 Å². The molecule has 1 fully saturated rings. The Morgan fingerprint density at radius 3 is 3.00 bits per heavy atom. The van der Waals surface area contributed by atoms with Gasteiger partial charge in [0.15, 0.2) is 0 Å². The normalized spacial score (nSPS) is 15.9. The second kappa shape index (κ2) is 8.98. The zero-order valence-electron chi connectivity index (χ0n) is 15.2. The van der Waals surface area contributed by atoms with Gasteiger partial charge < -0.3 is 10.1 Å². The van der Waals surface area contributed by atoms with Crippen LogP contribution < -0.4 is 5.32 Å². The summed E-state index contributed by atoms with van der Waals surface area (Å²) in [7, 11) is 0. The van der Waals surface area contributed by atoms with Gasteiger partial charge in [0, 0.05) is 36.5 Å². The minimum Gasteiger partial charge on any atom is -0.379 e. The molecule has 0 radical (unpaired) electrons. The number of nitrogens with zero attached hydrogens (tertiary/aromatic N) is 3. The van der Waals surface area contributed by atoms with Crippen molar-refractivity contribution in [2.24, 2.45) is 0 Å². The molecule has 0 unspecified atom stereocenters. The Labute approximate surface area is 161 Å². The van der Waals surface area contributed by atoms with E-state index in [1.807, 2.05) is 11.4 Å². The molecule has 2 N–H and O–H groups in total. The van der Waals surface area contributed by atoms with Gasteiger partial charge in [0.1, 0.15) is 5.82 Å². The van der Waals surface area contributed by atoms with Gasteiger partial charge in [0.25, 0.3) is 0 Å². The number of thiophene rings is 1. The molecule has 3 rings (SSSR count). The summed E-state index contributed by atoms with van der Waals surface area (Å²) in [4.78, 5) is 20.2. The lowest BCUT2D eigenvalue weighted by molar-refractivity contribution is -0.119. The van der Waals surface area contributed by atoms with E-state index in [-0.39, 0.29) is 11.4 Å². The minimum atomic E-state index is -0.0808. The van der Waals surface area contributed by atoms with Crippen molar-refractivity contribution >= 4 is 29.0 Å². The lowest BCUT2D eigenvalue weighted by Gasteiger charge is -2.40. The van der Waals surface area contributed by atoms with Crippen molar-refractivity contribution in [3.05, 3.63) is 28.2 Å². The van der Waals surface area contributed by atoms with E-state index in [0.717, 1.165) is 38.5 Å². The fourth-order valence-corrected chi connectivity index (χ4v) is 4.13. The average molecular weight is 396 g/mol. The largest absolute Gasteiger partial charge is 0.379 e. The molecule has 0 spiro atoms. The molecule has 2 aromatic rings. The molecule has 142 valence electrons. The van der Waals surface area contributed by atoms with Gasteiger partial charge in [-0.25, -0.2) is 4.98 Å². The third-order valence-electron chi connectivity index (χ3n) is 4.35. The van der Waals surface area contributed by atoms with E-state index in [9.17, 15) is 4.79 Å². The van der Waals surface area contributed by atoms with Gasteiger partial charge in [-0.05, 0) is 25.3 Å². The molecule has 0 aromatic carbocycles. The highest BCUT2D eigenvalue weighted by Crippen LogP contribution is 2.17. The summed E-state index contributed by atoms with van der Waals surface area (Å²) >= 11 is 3.05. The van der Waals surface area contributed by atoms with Crippen molar-refractivity contribution < 1.29 is 9.53 Å². The number of morpholine rings is 1. The number of carbonyl (C=O) groups is 1. The van der Waals surface area contributed by atoms with Crippen LogP contribution in [0.2, 0.25) is 0 Å². The predicted molar refractivity (Wildman–Crippen MR) is 104 cm³/mol. The minimum absolute atomic E-state index is 0.000872. The van der Waals surface area contributed by atoms with E-state index in [0.29, 0.717) is 17.5 Å². The Morgan fingerprint density at radius 2 is 2.27 bits per heavy atom. The molecule has 7 nitrogen and oxygen atoms in total. The molecule has 26 heavy (non-hydrogen) atoms. The second-order valence-corrected chi connectivity index (χ2v) is 8.77. The van der Waals surface area contributed by atoms with Crippen molar-refractivity contribution in [3.63, 3.8) is 0 Å². The van der Waals surface area contributed by atoms with Gasteiger partial charge in [-0.3, -0.25) is 14.8 Å². The molecule has 1 aliphatic heterocycles. The van der Waals surface area contributed by atoms with Crippen LogP contribution in [-0.4, -0.2) is 70.1 Å². The predicted octanol–water partition coefficient (Wildman–Crippen LogP) is 1.78. The van der Waals surface area contributed by atoms with Crippen LogP contribution >= 0.6 is 23.1 Å². The maximum Gasteiger partial charge on any atom is 0.230 e. The van der Waals surface area contributed by atoms with E-state index in [2.05, 4.69) is 45.3 Å². The summed E-state index contributed by atoms with van der Waals surface area (Å²) in [6.07, 6.45) is 0.741. The molecule has 3 heterocycles. The van der Waals surface area contributed by atoms with Crippen LogP contribution in [0.3, 0.4) is 0 Å². The summed E-state index contributed by atoms with van der Waals surface area (Å²) in [5.41, 5.74) is -0.0808. The number of aromatic amines is 1. The first-order valence-corrected chi connectivity index (χ1v) is 10.6. The van der Waals surface area contributed by atoms with Crippen LogP contribution in [-0.2, 0) is 16.0 Å². The van der Waals surface area contributed by atoms with Crippen LogP contribution in [0.25, 0.3) is 0 Å². The Hall–Kier alpha value is -1.42. The first-order valence-electron chi connectivity index (χ1n) is 8.69. The first kappa shape index (κ1) is 19.3. The molecule has 2 aromatic heterocycles. The molecule has 1 amide bonds. The van der Waals surface area contributed by atoms with Crippen molar-refractivity contribution in [1.82, 2.24) is 25.4 Å². The van der Waals surface area contributed by atoms with Crippen LogP contribution in [0.5, 0.6) is 0 Å². The summed E-state index contributed by atoms with van der Waals surface area (Å²) in [5, 5.41) is 12.8. The van der Waals surface area contributed by atoms with E-state index < -0.39 is 0 Å². The molecular weight excluding hydrogens is 370 g/mol. The monoisotopic (exact) mass is 395 g/mol. The number of hydrogen-bond donors (Lipinski definition) is 2. The molecule has 0 saturated carbocycles. The van der Waals surface area contributed by atoms with Crippen LogP contribution in [0.1, 0.15) is 24.5 Å². The third-order valence-corrected chi connectivity index (χ3v) is 6.07. The van der Waals surface area contributed by atoms with Crippen LogP contribution in [0, 0.1) is 0 Å². The van der Waals surface area contributed by atoms with E-state index >= 15 is 0 Å². The van der Waals surface area contributed by atoms with E-state index in [1.54, 1.807) is 11.3 Å². The van der Waals surface area contributed by atoms with Crippen LogP contribution in [0.15, 0.2) is 22.7 Å². The van der Waals surface area contributed by atoms with Gasteiger partial charge in [-0.2, -0.15) is 0 Å². The number of thioether (sulfide) groups is 1. The second-order valence-electron chi connectivity index (χ2n) is 6.80. The number of nitrogens with one attached hydrogen (secondary N) is 2. The zero-order valence-corrected chi connectivity index (χ0v) is 16.8. The van der Waals surface area contributed by atoms with Crippen molar-refractivity contribution in [1.29, 1.82) is 0 Å². The quantitative estimate of drug-likeness (QED) is 0.663. The molecule has 0 bridgehead atoms. The molecular formula is C17H25N5O2S2. The van der Waals surface area contributed by atoms with E-state index in [1.165, 1.54) is 16.6 Å². The Balaban J connectivity index is 1.40. The Bertz CT molecular complexity index is 696. The topological polar surface area (TPSA) is 83.1 Å². The zero-order chi connectivity index (χ0) is 18.4. The summed E-state index contributed by atoms with van der Waals surface area (Å²) < 4.78 is 5.39. The lowest BCUT2D eigenvalue weighted by Crippen LogP contribution is -2.55. The number of rotatable bonds is 8. The first-order chi connectivity index (χ1) is 12.5. The van der Waals surface area contributed by atoms with Gasteiger partial charge >= 0.3 is 0 Å². The fourth-order valence-electron chi connectivity index (χ4n) is 2.78. The highest BCUT2D eigenvalue weighted by atomic mass is 32.2. The van der Waals surface area contributed by atoms with Gasteiger partial charge in [-0.15, -0.1) is 16.4 Å². The molecule has 1 saturated heterocycles. The van der Waals surface area contributed by atoms with Crippen LogP contribution in [0.4, 0.5) is 0 Å². The third kappa shape index (κ3) is 5.54. The lowest BCUT2D eigenvalue weighted by atomic mass is 10.0. The molecule has 9 heteroatoms.